The number of rotatable bonds is 3. The van der Waals surface area contributed by atoms with Gasteiger partial charge in [-0.05, 0) is 36.8 Å². The molecule has 1 aromatic heterocycles. The van der Waals surface area contributed by atoms with E-state index in [-0.39, 0.29) is 0 Å². The molecule has 0 atom stereocenters. The van der Waals surface area contributed by atoms with Gasteiger partial charge in [0.25, 0.3) is 0 Å². The van der Waals surface area contributed by atoms with Gasteiger partial charge in [0.05, 0.1) is 0 Å². The third kappa shape index (κ3) is 2.46. The molecule has 0 fully saturated rings. The van der Waals surface area contributed by atoms with Gasteiger partial charge in [0.1, 0.15) is 0 Å². The van der Waals surface area contributed by atoms with Crippen LogP contribution in [0.1, 0.15) is 5.56 Å². The largest absolute Gasteiger partial charge is 0.339 e. The van der Waals surface area contributed by atoms with Crippen LogP contribution in [0.25, 0.3) is 0 Å². The molecule has 5 nitrogen and oxygen atoms in total. The van der Waals surface area contributed by atoms with Crippen molar-refractivity contribution in [1.29, 1.82) is 0 Å². The van der Waals surface area contributed by atoms with Gasteiger partial charge in [0.15, 0.2) is 11.6 Å². The molecule has 0 amide bonds. The topological polar surface area (TPSA) is 75.9 Å². The van der Waals surface area contributed by atoms with E-state index in [4.69, 9.17) is 5.84 Å². The van der Waals surface area contributed by atoms with Crippen molar-refractivity contribution in [2.45, 2.75) is 6.92 Å². The van der Waals surface area contributed by atoms with E-state index in [1.165, 1.54) is 5.56 Å². The average molecular weight is 215 g/mol. The molecule has 4 N–H and O–H groups in total. The second kappa shape index (κ2) is 4.59. The molecule has 16 heavy (non-hydrogen) atoms. The molecule has 0 saturated carbocycles. The molecule has 5 heteroatoms. The Balaban J connectivity index is 2.14. The molecule has 2 aromatic rings. The van der Waals surface area contributed by atoms with Crippen molar-refractivity contribution >= 4 is 17.3 Å². The van der Waals surface area contributed by atoms with Crippen LogP contribution in [-0.2, 0) is 0 Å². The molecule has 0 radical (unpaired) electrons. The maximum Gasteiger partial charge on any atom is 0.162 e. The lowest BCUT2D eigenvalue weighted by atomic mass is 10.2. The van der Waals surface area contributed by atoms with Crippen LogP contribution in [-0.4, -0.2) is 10.2 Å². The first-order chi connectivity index (χ1) is 7.78. The fourth-order valence-corrected chi connectivity index (χ4v) is 1.35. The minimum absolute atomic E-state index is 0.537. The number of nitrogens with two attached hydrogens (primary N) is 1. The van der Waals surface area contributed by atoms with Gasteiger partial charge in [0.2, 0.25) is 0 Å². The average Bonchev–Trinajstić information content (AvgIpc) is 2.30. The second-order valence-corrected chi connectivity index (χ2v) is 3.44. The Bertz CT molecular complexity index is 466. The predicted molar refractivity (Wildman–Crippen MR) is 64.3 cm³/mol. The van der Waals surface area contributed by atoms with Gasteiger partial charge in [-0.15, -0.1) is 10.2 Å². The lowest BCUT2D eigenvalue weighted by Gasteiger charge is -2.05. The number of nitrogens with zero attached hydrogens (tertiary/aromatic N) is 2. The summed E-state index contributed by atoms with van der Waals surface area (Å²) in [6.07, 6.45) is 0. The summed E-state index contributed by atoms with van der Waals surface area (Å²) in [6, 6.07) is 11.6. The minimum Gasteiger partial charge on any atom is -0.339 e. The van der Waals surface area contributed by atoms with E-state index in [1.807, 2.05) is 37.3 Å². The Kier molecular flexibility index (Phi) is 2.98. The maximum absolute atomic E-state index is 5.20. The van der Waals surface area contributed by atoms with Gasteiger partial charge in [-0.1, -0.05) is 12.1 Å². The number of anilines is 3. The Morgan fingerprint density at radius 3 is 2.44 bits per heavy atom. The molecule has 82 valence electrons. The van der Waals surface area contributed by atoms with E-state index < -0.39 is 0 Å². The SMILES string of the molecule is Cc1cccc(Nc2ccc(NN)nn2)c1. The van der Waals surface area contributed by atoms with Crippen molar-refractivity contribution in [3.8, 4) is 0 Å². The van der Waals surface area contributed by atoms with Crippen molar-refractivity contribution in [3.63, 3.8) is 0 Å². The predicted octanol–water partition coefficient (Wildman–Crippen LogP) is 1.81. The van der Waals surface area contributed by atoms with Gasteiger partial charge >= 0.3 is 0 Å². The Morgan fingerprint density at radius 1 is 1.06 bits per heavy atom. The van der Waals surface area contributed by atoms with Crippen LogP contribution in [0.3, 0.4) is 0 Å². The molecule has 0 aliphatic rings. The summed E-state index contributed by atoms with van der Waals surface area (Å²) < 4.78 is 0. The molecule has 0 aliphatic carbocycles. The zero-order valence-corrected chi connectivity index (χ0v) is 8.94. The first-order valence-corrected chi connectivity index (χ1v) is 4.92. The number of aromatic nitrogens is 2. The highest BCUT2D eigenvalue weighted by molar-refractivity contribution is 5.57. The van der Waals surface area contributed by atoms with Crippen LogP contribution in [0.4, 0.5) is 17.3 Å². The molecule has 0 saturated heterocycles. The molecule has 2 rings (SSSR count). The monoisotopic (exact) mass is 215 g/mol. The fraction of sp³-hybridized carbons (Fsp3) is 0.0909. The van der Waals surface area contributed by atoms with E-state index in [0.29, 0.717) is 11.6 Å². The van der Waals surface area contributed by atoms with Crippen molar-refractivity contribution in [3.05, 3.63) is 42.0 Å². The van der Waals surface area contributed by atoms with Gasteiger partial charge < -0.3 is 10.7 Å². The molecule has 0 spiro atoms. The second-order valence-electron chi connectivity index (χ2n) is 3.44. The quantitative estimate of drug-likeness (QED) is 0.537. The van der Waals surface area contributed by atoms with E-state index in [0.717, 1.165) is 5.69 Å². The maximum atomic E-state index is 5.20. The standard InChI is InChI=1S/C11H13N5/c1-8-3-2-4-9(7-8)13-10-5-6-11(14-12)16-15-10/h2-7H,12H2,1H3,(H,13,15)(H,14,16). The highest BCUT2D eigenvalue weighted by atomic mass is 15.3. The van der Waals surface area contributed by atoms with Gasteiger partial charge in [0, 0.05) is 5.69 Å². The van der Waals surface area contributed by atoms with Crippen LogP contribution in [0.2, 0.25) is 0 Å². The summed E-state index contributed by atoms with van der Waals surface area (Å²) in [7, 11) is 0. The number of aryl methyl sites for hydroxylation is 1. The Labute approximate surface area is 93.7 Å². The molecule has 1 heterocycles. The van der Waals surface area contributed by atoms with E-state index in [2.05, 4.69) is 20.9 Å². The van der Waals surface area contributed by atoms with Crippen LogP contribution in [0.15, 0.2) is 36.4 Å². The number of nitrogen functional groups attached to an aromatic ring is 1. The summed E-state index contributed by atoms with van der Waals surface area (Å²) in [5.41, 5.74) is 4.61. The van der Waals surface area contributed by atoms with Gasteiger partial charge in [-0.25, -0.2) is 5.84 Å². The normalized spacial score (nSPS) is 9.88. The smallest absolute Gasteiger partial charge is 0.162 e. The molecule has 1 aromatic carbocycles. The number of nitrogens with one attached hydrogen (secondary N) is 2. The van der Waals surface area contributed by atoms with Gasteiger partial charge in [-0.2, -0.15) is 0 Å². The van der Waals surface area contributed by atoms with Crippen LogP contribution in [0, 0.1) is 6.92 Å². The minimum atomic E-state index is 0.537. The van der Waals surface area contributed by atoms with Crippen LogP contribution < -0.4 is 16.6 Å². The van der Waals surface area contributed by atoms with E-state index in [9.17, 15) is 0 Å². The first kappa shape index (κ1) is 10.4. The summed E-state index contributed by atoms with van der Waals surface area (Å²) in [5.74, 6) is 6.42. The van der Waals surface area contributed by atoms with E-state index in [1.54, 1.807) is 6.07 Å². The molecular formula is C11H13N5. The lowest BCUT2D eigenvalue weighted by Crippen LogP contribution is -2.09. The number of hydrogen-bond donors (Lipinski definition) is 3. The summed E-state index contributed by atoms with van der Waals surface area (Å²) in [5, 5.41) is 11.0. The lowest BCUT2D eigenvalue weighted by molar-refractivity contribution is 1.02. The van der Waals surface area contributed by atoms with Crippen molar-refractivity contribution < 1.29 is 0 Å². The molecular weight excluding hydrogens is 202 g/mol. The number of hydrazine groups is 1. The fourth-order valence-electron chi connectivity index (χ4n) is 1.35. The molecule has 0 bridgehead atoms. The van der Waals surface area contributed by atoms with E-state index >= 15 is 0 Å². The highest BCUT2D eigenvalue weighted by Crippen LogP contribution is 2.15. The Morgan fingerprint density at radius 2 is 1.81 bits per heavy atom. The number of benzene rings is 1. The van der Waals surface area contributed by atoms with Crippen molar-refractivity contribution in [2.24, 2.45) is 5.84 Å². The molecule has 0 aliphatic heterocycles. The Hall–Kier alpha value is -2.14. The summed E-state index contributed by atoms with van der Waals surface area (Å²) in [6.45, 7) is 2.04. The third-order valence-electron chi connectivity index (χ3n) is 2.10. The third-order valence-corrected chi connectivity index (χ3v) is 2.10. The summed E-state index contributed by atoms with van der Waals surface area (Å²) in [4.78, 5) is 0. The molecule has 0 unspecified atom stereocenters. The number of hydrogen-bond acceptors (Lipinski definition) is 5. The zero-order valence-electron chi connectivity index (χ0n) is 8.94. The van der Waals surface area contributed by atoms with Gasteiger partial charge in [-0.3, -0.25) is 0 Å². The van der Waals surface area contributed by atoms with Crippen LogP contribution >= 0.6 is 0 Å². The highest BCUT2D eigenvalue weighted by Gasteiger charge is 1.97. The first-order valence-electron chi connectivity index (χ1n) is 4.92. The zero-order chi connectivity index (χ0) is 11.4. The van der Waals surface area contributed by atoms with Crippen molar-refractivity contribution in [1.82, 2.24) is 10.2 Å². The van der Waals surface area contributed by atoms with Crippen molar-refractivity contribution in [2.75, 3.05) is 10.7 Å². The van der Waals surface area contributed by atoms with Crippen LogP contribution in [0.5, 0.6) is 0 Å². The summed E-state index contributed by atoms with van der Waals surface area (Å²) >= 11 is 0.